The summed E-state index contributed by atoms with van der Waals surface area (Å²) in [7, 11) is -2.86. The van der Waals surface area contributed by atoms with Crippen molar-refractivity contribution < 1.29 is 102 Å². The van der Waals surface area contributed by atoms with E-state index in [1.807, 2.05) is 0 Å². The SMILES string of the molecule is Cc1cc2c([c-]1C[Si](C)(C)C)CCCC2.Cc1cc2c([c-]1C[Si](C)(C)C)CCCC2.Cc1cc2c([c-]1C[Si](C)(C)C)CCCC2.[Cl-].[Cl-].[Cl-].[Ti+2].[Ti+2].[Ti+2]. The number of hydrogen-bond donors (Lipinski definition) is 0. The molecule has 3 aliphatic rings. The van der Waals surface area contributed by atoms with E-state index in [4.69, 9.17) is 0 Å². The van der Waals surface area contributed by atoms with Crippen LogP contribution in [0.2, 0.25) is 58.9 Å². The summed E-state index contributed by atoms with van der Waals surface area (Å²) < 4.78 is 0. The maximum Gasteiger partial charge on any atom is 2.00 e. The Morgan fingerprint density at radius 1 is 0.392 bits per heavy atom. The zero-order valence-corrected chi connectivity index (χ0v) is 44.4. The van der Waals surface area contributed by atoms with Crippen LogP contribution in [0.5, 0.6) is 0 Å². The molecule has 3 aliphatic carbocycles. The van der Waals surface area contributed by atoms with E-state index in [-0.39, 0.29) is 102 Å². The Morgan fingerprint density at radius 3 is 0.784 bits per heavy atom. The second kappa shape index (κ2) is 24.5. The van der Waals surface area contributed by atoms with E-state index in [1.54, 1.807) is 66.8 Å². The van der Waals surface area contributed by atoms with Crippen molar-refractivity contribution in [3.05, 3.63) is 85.0 Å². The first kappa shape index (κ1) is 57.0. The maximum atomic E-state index is 2.48. The molecule has 3 aromatic rings. The van der Waals surface area contributed by atoms with E-state index >= 15 is 0 Å². The third kappa shape index (κ3) is 17.4. The number of hydrogen-bond acceptors (Lipinski definition) is 0. The molecule has 0 saturated heterocycles. The van der Waals surface area contributed by atoms with E-state index < -0.39 is 24.2 Å². The van der Waals surface area contributed by atoms with Crippen LogP contribution in [0, 0.1) is 20.8 Å². The summed E-state index contributed by atoms with van der Waals surface area (Å²) in [6.07, 6.45) is 16.5. The topological polar surface area (TPSA) is 0 Å². The summed E-state index contributed by atoms with van der Waals surface area (Å²) >= 11 is 0. The molecule has 0 aliphatic heterocycles. The molecule has 0 atom stereocenters. The average Bonchev–Trinajstić information content (AvgIpc) is 3.53. The zero-order chi connectivity index (χ0) is 33.2. The summed E-state index contributed by atoms with van der Waals surface area (Å²) in [4.78, 5) is 0. The fourth-order valence-corrected chi connectivity index (χ4v) is 13.0. The van der Waals surface area contributed by atoms with Gasteiger partial charge >= 0.3 is 65.2 Å². The maximum absolute atomic E-state index is 2.48. The van der Waals surface area contributed by atoms with Gasteiger partial charge in [0.05, 0.1) is 0 Å². The quantitative estimate of drug-likeness (QED) is 0.264. The Morgan fingerprint density at radius 2 is 0.588 bits per heavy atom. The van der Waals surface area contributed by atoms with Gasteiger partial charge in [0.2, 0.25) is 0 Å². The van der Waals surface area contributed by atoms with Crippen molar-refractivity contribution in [3.63, 3.8) is 0 Å². The minimum atomic E-state index is -0.952. The summed E-state index contributed by atoms with van der Waals surface area (Å²) in [6.45, 7) is 29.3. The average molecular weight is 908 g/mol. The zero-order valence-electron chi connectivity index (χ0n) is 34.5. The number of aryl methyl sites for hydroxylation is 6. The van der Waals surface area contributed by atoms with Crippen LogP contribution in [0.1, 0.15) is 105 Å². The molecule has 0 unspecified atom stereocenters. The molecule has 282 valence electrons. The second-order valence-corrected chi connectivity index (χ2v) is 35.2. The van der Waals surface area contributed by atoms with E-state index in [0.717, 1.165) is 0 Å². The van der Waals surface area contributed by atoms with Gasteiger partial charge in [-0.15, -0.1) is 0 Å². The smallest absolute Gasteiger partial charge is 1.00 e. The third-order valence-corrected chi connectivity index (χ3v) is 14.6. The molecule has 3 aromatic carbocycles. The normalized spacial score (nSPS) is 14.6. The fraction of sp³-hybridized carbons (Fsp3) is 0.643. The number of rotatable bonds is 6. The van der Waals surface area contributed by atoms with Crippen LogP contribution in [0.3, 0.4) is 0 Å². The van der Waals surface area contributed by atoms with Crippen LogP contribution in [0.25, 0.3) is 0 Å². The van der Waals surface area contributed by atoms with Crippen LogP contribution < -0.4 is 37.2 Å². The minimum absolute atomic E-state index is 0. The number of fused-ring (bicyclic) bond motifs is 3. The largest absolute Gasteiger partial charge is 2.00 e. The van der Waals surface area contributed by atoms with E-state index in [2.05, 4.69) is 97.9 Å². The second-order valence-electron chi connectivity index (χ2n) is 18.8. The molecule has 6 rings (SSSR count). The van der Waals surface area contributed by atoms with Crippen molar-refractivity contribution in [2.24, 2.45) is 0 Å². The molecule has 0 saturated carbocycles. The van der Waals surface area contributed by atoms with Gasteiger partial charge < -0.3 is 37.2 Å². The Labute approximate surface area is 382 Å². The molecular formula is C42H69Cl3Si3Ti3. The van der Waals surface area contributed by atoms with Gasteiger partial charge in [-0.2, -0.15) is 66.8 Å². The molecule has 0 radical (unpaired) electrons. The Bertz CT molecular complexity index is 1260. The van der Waals surface area contributed by atoms with Crippen molar-refractivity contribution in [1.29, 1.82) is 0 Å². The van der Waals surface area contributed by atoms with Gasteiger partial charge in [0.25, 0.3) is 0 Å². The van der Waals surface area contributed by atoms with Gasteiger partial charge in [0.1, 0.15) is 0 Å². The van der Waals surface area contributed by atoms with Crippen molar-refractivity contribution in [2.75, 3.05) is 0 Å². The van der Waals surface area contributed by atoms with Crippen molar-refractivity contribution >= 4 is 24.2 Å². The molecule has 51 heavy (non-hydrogen) atoms. The van der Waals surface area contributed by atoms with Gasteiger partial charge in [0.15, 0.2) is 0 Å². The van der Waals surface area contributed by atoms with Crippen LogP contribution >= 0.6 is 0 Å². The summed E-state index contributed by atoms with van der Waals surface area (Å²) in [5, 5.41) is 0. The molecule has 0 nitrogen and oxygen atoms in total. The molecule has 0 heterocycles. The van der Waals surface area contributed by atoms with Gasteiger partial charge in [-0.05, 0) is 0 Å². The summed E-state index contributed by atoms with van der Waals surface area (Å²) in [6, 6.07) is 11.5. The third-order valence-electron chi connectivity index (χ3n) is 10.3. The Balaban J connectivity index is -0.000000640. The Hall–Kier alpha value is 1.71. The van der Waals surface area contributed by atoms with E-state index in [9.17, 15) is 0 Å². The first-order chi connectivity index (χ1) is 20.9. The molecule has 0 fully saturated rings. The fourth-order valence-electron chi connectivity index (χ4n) is 8.39. The van der Waals surface area contributed by atoms with Crippen LogP contribution in [-0.2, 0) is 122 Å². The van der Waals surface area contributed by atoms with Crippen molar-refractivity contribution in [1.82, 2.24) is 0 Å². The Kier molecular flexibility index (Phi) is 27.4. The van der Waals surface area contributed by atoms with E-state index in [1.165, 1.54) is 95.2 Å². The monoisotopic (exact) mass is 906 g/mol. The van der Waals surface area contributed by atoms with Crippen molar-refractivity contribution in [2.45, 2.75) is 175 Å². The summed E-state index contributed by atoms with van der Waals surface area (Å²) in [5.41, 5.74) is 20.1. The standard InChI is InChI=1S/3C14H23Si.3ClH.3Ti/c3*1-11-9-12-7-5-6-8-13(12)14(11)10-15(2,3)4;;;;;;/h3*9H,5-8,10H2,1-4H3;3*1H;;;/q3*-1;;;;3*+2/p-3. The van der Waals surface area contributed by atoms with Crippen molar-refractivity contribution in [3.8, 4) is 0 Å². The van der Waals surface area contributed by atoms with Crippen LogP contribution in [-0.4, -0.2) is 24.2 Å². The van der Waals surface area contributed by atoms with E-state index in [0.29, 0.717) is 0 Å². The van der Waals surface area contributed by atoms with Crippen LogP contribution in [0.4, 0.5) is 0 Å². The first-order valence-electron chi connectivity index (χ1n) is 18.7. The minimum Gasteiger partial charge on any atom is -1.00 e. The van der Waals surface area contributed by atoms with Gasteiger partial charge in [-0.3, -0.25) is 0 Å². The van der Waals surface area contributed by atoms with Gasteiger partial charge in [0, 0.05) is 24.2 Å². The van der Waals surface area contributed by atoms with Gasteiger partial charge in [-0.1, -0.05) is 175 Å². The molecule has 0 aromatic heterocycles. The molecule has 0 N–H and O–H groups in total. The molecule has 0 bridgehead atoms. The predicted octanol–water partition coefficient (Wildman–Crippen LogP) is 3.04. The molecule has 0 spiro atoms. The molecule has 9 heteroatoms. The summed E-state index contributed by atoms with van der Waals surface area (Å²) in [5.74, 6) is 0. The molecule has 0 amide bonds. The van der Waals surface area contributed by atoms with Gasteiger partial charge in [-0.25, -0.2) is 18.2 Å². The van der Waals surface area contributed by atoms with Crippen LogP contribution in [0.15, 0.2) is 18.2 Å². The molecular weight excluding hydrogens is 839 g/mol. The first-order valence-corrected chi connectivity index (χ1v) is 29.8. The predicted molar refractivity (Wildman–Crippen MR) is 211 cm³/mol. The number of halogens is 3.